The predicted octanol–water partition coefficient (Wildman–Crippen LogP) is 0.315. The van der Waals surface area contributed by atoms with Crippen LogP contribution in [0, 0.1) is 0 Å². The maximum atomic E-state index is 10.4. The molecule has 0 saturated heterocycles. The molecule has 0 aliphatic rings. The van der Waals surface area contributed by atoms with Crippen LogP contribution in [0.5, 0.6) is 0 Å². The number of hydrogen-bond acceptors (Lipinski definition) is 2. The van der Waals surface area contributed by atoms with Crippen molar-refractivity contribution in [3.8, 4) is 0 Å². The van der Waals surface area contributed by atoms with Crippen LogP contribution in [0.2, 0.25) is 6.55 Å². The van der Waals surface area contributed by atoms with E-state index in [0.717, 1.165) is 6.42 Å². The van der Waals surface area contributed by atoms with Crippen LogP contribution in [-0.4, -0.2) is 14.3 Å². The lowest BCUT2D eigenvalue weighted by Gasteiger charge is -1.97. The van der Waals surface area contributed by atoms with Gasteiger partial charge in [0.15, 0.2) is 0 Å². The highest BCUT2D eigenvalue weighted by Crippen LogP contribution is 1.83. The monoisotopic (exact) mass is 117 g/mol. The van der Waals surface area contributed by atoms with Gasteiger partial charge in [0, 0.05) is 5.67 Å². The Bertz CT molecular complexity index is 74.1. The average molecular weight is 117 g/mol. The molecule has 0 fully saturated rings. The van der Waals surface area contributed by atoms with Gasteiger partial charge in [-0.2, -0.15) is 0 Å². The smallest absolute Gasteiger partial charge is 0.290 e. The van der Waals surface area contributed by atoms with Crippen molar-refractivity contribution in [2.24, 2.45) is 5.73 Å². The summed E-state index contributed by atoms with van der Waals surface area (Å²) in [7, 11) is -1.44. The van der Waals surface area contributed by atoms with Crippen molar-refractivity contribution < 1.29 is 4.46 Å². The molecule has 2 nitrogen and oxygen atoms in total. The molecule has 0 rings (SSSR count). The van der Waals surface area contributed by atoms with Crippen molar-refractivity contribution in [1.29, 1.82) is 0 Å². The minimum atomic E-state index is -1.44. The molecule has 3 heteroatoms. The van der Waals surface area contributed by atoms with Gasteiger partial charge in [0.1, 0.15) is 0 Å². The van der Waals surface area contributed by atoms with Crippen LogP contribution >= 0.6 is 0 Å². The highest BCUT2D eigenvalue weighted by Gasteiger charge is 2.04. The molecular weight excluding hydrogens is 106 g/mol. The quantitative estimate of drug-likeness (QED) is 0.529. The third-order valence-corrected chi connectivity index (χ3v) is 2.41. The van der Waals surface area contributed by atoms with Crippen LogP contribution in [0.4, 0.5) is 0 Å². The molecule has 0 amide bonds. The largest absolute Gasteiger partial charge is 0.387 e. The molecule has 0 radical (unpaired) electrons. The first-order valence-corrected chi connectivity index (χ1v) is 4.43. The first-order valence-electron chi connectivity index (χ1n) is 2.44. The van der Waals surface area contributed by atoms with E-state index in [1.807, 2.05) is 6.92 Å². The molecule has 0 heterocycles. The van der Waals surface area contributed by atoms with E-state index in [2.05, 4.69) is 0 Å². The minimum absolute atomic E-state index is 0.0509. The van der Waals surface area contributed by atoms with E-state index in [1.165, 1.54) is 0 Å². The molecule has 0 spiro atoms. The van der Waals surface area contributed by atoms with Crippen molar-refractivity contribution in [3.05, 3.63) is 0 Å². The van der Waals surface area contributed by atoms with Gasteiger partial charge >= 0.3 is 0 Å². The Hall–Kier alpha value is -0.0231. The summed E-state index contributed by atoms with van der Waals surface area (Å²) < 4.78 is 10.4. The molecule has 7 heavy (non-hydrogen) atoms. The van der Waals surface area contributed by atoms with Crippen LogP contribution in [0.3, 0.4) is 0 Å². The molecular formula is C4H11NOSi. The zero-order chi connectivity index (χ0) is 5.86. The lowest BCUT2D eigenvalue weighted by molar-refractivity contribution is 0.549. The number of hydrogen-bond donors (Lipinski definition) is 1. The van der Waals surface area contributed by atoms with E-state index in [1.54, 1.807) is 6.55 Å². The van der Waals surface area contributed by atoms with Crippen molar-refractivity contribution in [2.45, 2.75) is 25.6 Å². The zero-order valence-electron chi connectivity index (χ0n) is 4.77. The predicted molar refractivity (Wildman–Crippen MR) is 30.6 cm³/mol. The van der Waals surface area contributed by atoms with Crippen LogP contribution in [0.25, 0.3) is 0 Å². The number of nitrogens with two attached hydrogens (primary N) is 1. The fraction of sp³-hybridized carbons (Fsp3) is 1.00. The van der Waals surface area contributed by atoms with Gasteiger partial charge in [-0.1, -0.05) is 6.92 Å². The molecule has 0 aromatic heterocycles. The second-order valence-electron chi connectivity index (χ2n) is 1.63. The Morgan fingerprint density at radius 2 is 2.29 bits per heavy atom. The molecule has 0 bridgehead atoms. The van der Waals surface area contributed by atoms with Crippen molar-refractivity contribution in [2.75, 3.05) is 0 Å². The van der Waals surface area contributed by atoms with Gasteiger partial charge in [0.2, 0.25) is 0 Å². The minimum Gasteiger partial charge on any atom is -0.387 e. The Balaban J connectivity index is 3.34. The van der Waals surface area contributed by atoms with Crippen LogP contribution in [-0.2, 0) is 4.46 Å². The van der Waals surface area contributed by atoms with Gasteiger partial charge in [-0.25, -0.2) is 0 Å². The standard InChI is InChI=1S/C4H11NOSi/c1-3-4(5)7(2)6/h4H,3,5H2,1-2H3. The summed E-state index contributed by atoms with van der Waals surface area (Å²) in [6.45, 7) is 3.63. The Labute approximate surface area is 45.4 Å². The summed E-state index contributed by atoms with van der Waals surface area (Å²) >= 11 is 0. The van der Waals surface area contributed by atoms with E-state index in [9.17, 15) is 4.46 Å². The normalized spacial score (nSPS) is 13.6. The summed E-state index contributed by atoms with van der Waals surface area (Å²) in [5, 5.41) is 0. The number of rotatable bonds is 2. The average Bonchev–Trinajstić information content (AvgIpc) is 1.65. The van der Waals surface area contributed by atoms with Crippen LogP contribution in [0.15, 0.2) is 0 Å². The maximum Gasteiger partial charge on any atom is 0.290 e. The molecule has 0 aliphatic heterocycles. The summed E-state index contributed by atoms with van der Waals surface area (Å²) in [6.07, 6.45) is 0.828. The Kier molecular flexibility index (Phi) is 3.03. The third-order valence-electron chi connectivity index (χ3n) is 0.962. The fourth-order valence-electron chi connectivity index (χ4n) is 0.287. The highest BCUT2D eigenvalue weighted by molar-refractivity contribution is 6.42. The highest BCUT2D eigenvalue weighted by atomic mass is 28.3. The molecule has 0 aromatic rings. The first-order chi connectivity index (χ1) is 3.18. The van der Waals surface area contributed by atoms with E-state index < -0.39 is 8.68 Å². The summed E-state index contributed by atoms with van der Waals surface area (Å²) in [4.78, 5) is 0. The van der Waals surface area contributed by atoms with Crippen molar-refractivity contribution in [3.63, 3.8) is 0 Å². The van der Waals surface area contributed by atoms with E-state index in [4.69, 9.17) is 5.73 Å². The van der Waals surface area contributed by atoms with E-state index in [0.29, 0.717) is 0 Å². The summed E-state index contributed by atoms with van der Waals surface area (Å²) in [6, 6.07) is 0. The zero-order valence-corrected chi connectivity index (χ0v) is 5.77. The molecule has 1 unspecified atom stereocenters. The van der Waals surface area contributed by atoms with Gasteiger partial charge in [-0.3, -0.25) is 0 Å². The molecule has 0 aliphatic carbocycles. The third kappa shape index (κ3) is 2.65. The Morgan fingerprint density at radius 3 is 2.29 bits per heavy atom. The molecule has 1 atom stereocenters. The van der Waals surface area contributed by atoms with Gasteiger partial charge in [0.25, 0.3) is 8.68 Å². The second kappa shape index (κ2) is 3.04. The van der Waals surface area contributed by atoms with E-state index in [-0.39, 0.29) is 5.67 Å². The lowest BCUT2D eigenvalue weighted by Crippen LogP contribution is -2.28. The van der Waals surface area contributed by atoms with Crippen molar-refractivity contribution >= 4 is 8.68 Å². The molecule has 0 aromatic carbocycles. The van der Waals surface area contributed by atoms with Gasteiger partial charge in [-0.05, 0) is 13.0 Å². The van der Waals surface area contributed by atoms with Gasteiger partial charge < -0.3 is 10.2 Å². The second-order valence-corrected chi connectivity index (χ2v) is 3.59. The van der Waals surface area contributed by atoms with Crippen LogP contribution < -0.4 is 5.73 Å². The topological polar surface area (TPSA) is 43.1 Å². The molecule has 0 saturated carbocycles. The van der Waals surface area contributed by atoms with Crippen molar-refractivity contribution in [1.82, 2.24) is 0 Å². The van der Waals surface area contributed by atoms with Gasteiger partial charge in [0.05, 0.1) is 0 Å². The molecule has 42 valence electrons. The van der Waals surface area contributed by atoms with Crippen LogP contribution in [0.1, 0.15) is 13.3 Å². The SMILES string of the molecule is CCC(N)[Si](C)=O. The summed E-state index contributed by atoms with van der Waals surface area (Å²) in [5.41, 5.74) is 5.30. The van der Waals surface area contributed by atoms with Gasteiger partial charge in [-0.15, -0.1) is 0 Å². The summed E-state index contributed by atoms with van der Waals surface area (Å²) in [5.74, 6) is 0. The Morgan fingerprint density at radius 1 is 1.86 bits per heavy atom. The maximum absolute atomic E-state index is 10.4. The van der Waals surface area contributed by atoms with E-state index >= 15 is 0 Å². The first kappa shape index (κ1) is 6.98. The molecule has 2 N–H and O–H groups in total. The fourth-order valence-corrected chi connectivity index (χ4v) is 0.862. The lowest BCUT2D eigenvalue weighted by atomic mass is 10.5.